The Morgan fingerprint density at radius 2 is 1.54 bits per heavy atom. The summed E-state index contributed by atoms with van der Waals surface area (Å²) < 4.78 is 40.1. The zero-order chi connectivity index (χ0) is 20.3. The predicted octanol–water partition coefficient (Wildman–Crippen LogP) is 1.96. The second-order valence-corrected chi connectivity index (χ2v) is 8.88. The number of carbonyl (C=O) groups is 1. The van der Waals surface area contributed by atoms with Gasteiger partial charge in [0.15, 0.2) is 0 Å². The number of rotatable bonds is 5. The van der Waals surface area contributed by atoms with Gasteiger partial charge < -0.3 is 4.90 Å². The lowest BCUT2D eigenvalue weighted by molar-refractivity contribution is -0.135. The van der Waals surface area contributed by atoms with E-state index in [1.807, 2.05) is 35.2 Å². The van der Waals surface area contributed by atoms with Crippen molar-refractivity contribution in [3.63, 3.8) is 0 Å². The highest BCUT2D eigenvalue weighted by molar-refractivity contribution is 7.89. The summed E-state index contributed by atoms with van der Waals surface area (Å²) in [6.45, 7) is 1.40. The molecule has 1 atom stereocenters. The molecule has 1 saturated heterocycles. The van der Waals surface area contributed by atoms with Gasteiger partial charge in [0, 0.05) is 40.3 Å². The van der Waals surface area contributed by atoms with E-state index in [4.69, 9.17) is 0 Å². The van der Waals surface area contributed by atoms with Gasteiger partial charge in [0.1, 0.15) is 11.9 Å². The molecule has 0 radical (unpaired) electrons. The van der Waals surface area contributed by atoms with Gasteiger partial charge in [0.05, 0.1) is 4.90 Å². The highest BCUT2D eigenvalue weighted by Crippen LogP contribution is 2.26. The maximum Gasteiger partial charge on any atom is 0.244 e. The van der Waals surface area contributed by atoms with E-state index in [-0.39, 0.29) is 23.9 Å². The summed E-state index contributed by atoms with van der Waals surface area (Å²) in [5.41, 5.74) is 0.885. The van der Waals surface area contributed by atoms with E-state index >= 15 is 0 Å². The first kappa shape index (κ1) is 20.4. The molecule has 0 aliphatic carbocycles. The number of carbonyl (C=O) groups excluding carboxylic acids is 1. The molecule has 0 aromatic heterocycles. The molecule has 150 valence electrons. The maximum atomic E-state index is 13.1. The van der Waals surface area contributed by atoms with E-state index in [0.717, 1.165) is 17.7 Å². The first-order chi connectivity index (χ1) is 13.3. The van der Waals surface area contributed by atoms with Gasteiger partial charge in [-0.3, -0.25) is 9.69 Å². The Morgan fingerprint density at radius 1 is 0.964 bits per heavy atom. The highest BCUT2D eigenvalue weighted by Gasteiger charge is 2.34. The molecule has 0 saturated carbocycles. The van der Waals surface area contributed by atoms with Gasteiger partial charge in [-0.15, -0.1) is 0 Å². The summed E-state index contributed by atoms with van der Waals surface area (Å²) >= 11 is 0. The first-order valence-corrected chi connectivity index (χ1v) is 10.5. The Kier molecular flexibility index (Phi) is 6.12. The van der Waals surface area contributed by atoms with E-state index in [0.29, 0.717) is 13.1 Å². The first-order valence-electron chi connectivity index (χ1n) is 9.06. The fourth-order valence-corrected chi connectivity index (χ4v) is 4.77. The van der Waals surface area contributed by atoms with Gasteiger partial charge in [0.2, 0.25) is 15.9 Å². The van der Waals surface area contributed by atoms with Crippen LogP contribution in [0.5, 0.6) is 0 Å². The fraction of sp³-hybridized carbons (Fsp3) is 0.350. The number of amides is 1. The van der Waals surface area contributed by atoms with Crippen LogP contribution < -0.4 is 0 Å². The number of sulfonamides is 1. The minimum atomic E-state index is -3.68. The van der Waals surface area contributed by atoms with Crippen molar-refractivity contribution in [1.29, 1.82) is 0 Å². The normalized spacial score (nSPS) is 17.2. The molecular formula is C20H24FN3O3S. The minimum absolute atomic E-state index is 0.0407. The standard InChI is InChI=1S/C20H24FN3O3S/c1-22(2)20(25)19(16-6-4-3-5-7-16)23-12-14-24(15-13-23)28(26,27)18-10-8-17(21)9-11-18/h3-11,19H,12-15H2,1-2H3/t19-/m1/s1. The van der Waals surface area contributed by atoms with Gasteiger partial charge in [-0.2, -0.15) is 4.31 Å². The van der Waals surface area contributed by atoms with Crippen LogP contribution in [0.2, 0.25) is 0 Å². The summed E-state index contributed by atoms with van der Waals surface area (Å²) in [6, 6.07) is 13.9. The van der Waals surface area contributed by atoms with Gasteiger partial charge in [-0.1, -0.05) is 30.3 Å². The summed E-state index contributed by atoms with van der Waals surface area (Å²) in [6.07, 6.45) is 0. The second-order valence-electron chi connectivity index (χ2n) is 6.94. The van der Waals surface area contributed by atoms with E-state index in [1.165, 1.54) is 16.4 Å². The lowest BCUT2D eigenvalue weighted by Crippen LogP contribution is -2.52. The molecule has 1 amide bonds. The van der Waals surface area contributed by atoms with E-state index in [2.05, 4.69) is 0 Å². The number of benzene rings is 2. The molecule has 0 bridgehead atoms. The summed E-state index contributed by atoms with van der Waals surface area (Å²) in [5.74, 6) is -0.516. The number of nitrogens with zero attached hydrogens (tertiary/aromatic N) is 3. The lowest BCUT2D eigenvalue weighted by Gasteiger charge is -2.39. The van der Waals surface area contributed by atoms with Crippen molar-refractivity contribution in [3.05, 3.63) is 66.0 Å². The summed E-state index contributed by atoms with van der Waals surface area (Å²) in [5, 5.41) is 0. The number of hydrogen-bond acceptors (Lipinski definition) is 4. The predicted molar refractivity (Wildman–Crippen MR) is 105 cm³/mol. The van der Waals surface area contributed by atoms with Crippen molar-refractivity contribution >= 4 is 15.9 Å². The molecule has 0 spiro atoms. The molecule has 2 aromatic rings. The van der Waals surface area contributed by atoms with Gasteiger partial charge >= 0.3 is 0 Å². The Labute approximate surface area is 165 Å². The molecule has 0 unspecified atom stereocenters. The smallest absolute Gasteiger partial charge is 0.244 e. The Hall–Kier alpha value is -2.29. The van der Waals surface area contributed by atoms with Gasteiger partial charge in [0.25, 0.3) is 0 Å². The van der Waals surface area contributed by atoms with Gasteiger partial charge in [-0.05, 0) is 29.8 Å². The van der Waals surface area contributed by atoms with E-state index in [1.54, 1.807) is 19.0 Å². The van der Waals surface area contributed by atoms with Crippen LogP contribution in [0.25, 0.3) is 0 Å². The lowest BCUT2D eigenvalue weighted by atomic mass is 10.0. The Morgan fingerprint density at radius 3 is 2.07 bits per heavy atom. The van der Waals surface area contributed by atoms with Crippen molar-refractivity contribution in [2.45, 2.75) is 10.9 Å². The maximum absolute atomic E-state index is 13.1. The molecule has 8 heteroatoms. The highest BCUT2D eigenvalue weighted by atomic mass is 32.2. The summed E-state index contributed by atoms with van der Waals surface area (Å²) in [7, 11) is -0.253. The largest absolute Gasteiger partial charge is 0.347 e. The third-order valence-electron chi connectivity index (χ3n) is 4.88. The zero-order valence-electron chi connectivity index (χ0n) is 16.0. The van der Waals surface area contributed by atoms with Crippen LogP contribution in [0.3, 0.4) is 0 Å². The second kappa shape index (κ2) is 8.38. The van der Waals surface area contributed by atoms with Crippen molar-refractivity contribution < 1.29 is 17.6 Å². The monoisotopic (exact) mass is 405 g/mol. The van der Waals surface area contributed by atoms with Crippen LogP contribution in [-0.2, 0) is 14.8 Å². The SMILES string of the molecule is CN(C)C(=O)[C@@H](c1ccccc1)N1CCN(S(=O)(=O)c2ccc(F)cc2)CC1. The van der Waals surface area contributed by atoms with Crippen LogP contribution in [-0.4, -0.2) is 68.7 Å². The van der Waals surface area contributed by atoms with Crippen LogP contribution in [0, 0.1) is 5.82 Å². The molecule has 28 heavy (non-hydrogen) atoms. The van der Waals surface area contributed by atoms with Crippen LogP contribution in [0.1, 0.15) is 11.6 Å². The molecule has 6 nitrogen and oxygen atoms in total. The molecular weight excluding hydrogens is 381 g/mol. The third-order valence-corrected chi connectivity index (χ3v) is 6.79. The molecule has 0 N–H and O–H groups in total. The zero-order valence-corrected chi connectivity index (χ0v) is 16.8. The van der Waals surface area contributed by atoms with Crippen molar-refractivity contribution in [3.8, 4) is 0 Å². The van der Waals surface area contributed by atoms with Crippen LogP contribution in [0.15, 0.2) is 59.5 Å². The molecule has 1 heterocycles. The van der Waals surface area contributed by atoms with Crippen LogP contribution in [0.4, 0.5) is 4.39 Å². The minimum Gasteiger partial charge on any atom is -0.347 e. The fourth-order valence-electron chi connectivity index (χ4n) is 3.35. The molecule has 1 fully saturated rings. The molecule has 3 rings (SSSR count). The van der Waals surface area contributed by atoms with Crippen molar-refractivity contribution in [2.24, 2.45) is 0 Å². The topological polar surface area (TPSA) is 60.9 Å². The summed E-state index contributed by atoms with van der Waals surface area (Å²) in [4.78, 5) is 16.4. The van der Waals surface area contributed by atoms with Crippen molar-refractivity contribution in [2.75, 3.05) is 40.3 Å². The van der Waals surface area contributed by atoms with E-state index in [9.17, 15) is 17.6 Å². The number of likely N-dealkylation sites (N-methyl/N-ethyl adjacent to an activating group) is 1. The number of piperazine rings is 1. The Balaban J connectivity index is 1.77. The van der Waals surface area contributed by atoms with E-state index < -0.39 is 21.9 Å². The number of hydrogen-bond donors (Lipinski definition) is 0. The van der Waals surface area contributed by atoms with Crippen LogP contribution >= 0.6 is 0 Å². The Bertz CT molecular complexity index is 909. The van der Waals surface area contributed by atoms with Crippen molar-refractivity contribution in [1.82, 2.24) is 14.1 Å². The van der Waals surface area contributed by atoms with Gasteiger partial charge in [-0.25, -0.2) is 12.8 Å². The molecule has 1 aliphatic rings. The molecule has 2 aromatic carbocycles. The molecule has 1 aliphatic heterocycles. The number of halogens is 1. The quantitative estimate of drug-likeness (QED) is 0.763. The third kappa shape index (κ3) is 4.24. The average molecular weight is 405 g/mol. The average Bonchev–Trinajstić information content (AvgIpc) is 2.69.